The van der Waals surface area contributed by atoms with Crippen LogP contribution in [0, 0.1) is 5.92 Å². The fraction of sp³-hybridized carbons (Fsp3) is 0.667. The van der Waals surface area contributed by atoms with E-state index in [9.17, 15) is 9.59 Å². The Morgan fingerprint density at radius 3 is 2.19 bits per heavy atom. The lowest BCUT2D eigenvalue weighted by atomic mass is 10.1. The lowest BCUT2D eigenvalue weighted by Gasteiger charge is -2.04. The summed E-state index contributed by atoms with van der Waals surface area (Å²) in [6, 6.07) is 0. The number of rotatable bonds is 7. The second-order valence-corrected chi connectivity index (χ2v) is 3.79. The van der Waals surface area contributed by atoms with Crippen molar-refractivity contribution in [2.24, 2.45) is 5.92 Å². The second kappa shape index (κ2) is 8.95. The molecule has 0 aromatic heterocycles. The number of carbonyl (C=O) groups is 2. The first-order chi connectivity index (χ1) is 7.56. The fourth-order valence-electron chi connectivity index (χ4n) is 1.04. The number of hydrogen-bond donors (Lipinski definition) is 0. The van der Waals surface area contributed by atoms with Gasteiger partial charge in [-0.3, -0.25) is 0 Å². The van der Waals surface area contributed by atoms with E-state index in [0.717, 1.165) is 25.0 Å². The number of esters is 2. The molecule has 0 atom stereocenters. The molecule has 0 fully saturated rings. The maximum absolute atomic E-state index is 11.1. The Morgan fingerprint density at radius 2 is 1.69 bits per heavy atom. The summed E-state index contributed by atoms with van der Waals surface area (Å²) >= 11 is 0. The van der Waals surface area contributed by atoms with Gasteiger partial charge in [0.1, 0.15) is 0 Å². The van der Waals surface area contributed by atoms with Crippen LogP contribution in [0.25, 0.3) is 0 Å². The van der Waals surface area contributed by atoms with Crippen molar-refractivity contribution >= 4 is 11.9 Å². The molecule has 4 heteroatoms. The molecule has 0 aromatic carbocycles. The minimum atomic E-state index is -0.526. The predicted octanol–water partition coefficient (Wildman–Crippen LogP) is 2.09. The summed E-state index contributed by atoms with van der Waals surface area (Å²) in [5.41, 5.74) is 0. The number of carbonyl (C=O) groups excluding carboxylic acids is 2. The van der Waals surface area contributed by atoms with Crippen LogP contribution < -0.4 is 0 Å². The van der Waals surface area contributed by atoms with Gasteiger partial charge in [-0.15, -0.1) is 0 Å². The lowest BCUT2D eigenvalue weighted by molar-refractivity contribution is -0.140. The van der Waals surface area contributed by atoms with Crippen molar-refractivity contribution in [2.75, 3.05) is 13.2 Å². The largest absolute Gasteiger partial charge is 0.463 e. The molecule has 4 nitrogen and oxygen atoms in total. The molecule has 0 aliphatic rings. The highest BCUT2D eigenvalue weighted by atomic mass is 16.5. The van der Waals surface area contributed by atoms with Crippen LogP contribution in [0.4, 0.5) is 0 Å². The van der Waals surface area contributed by atoms with Crippen LogP contribution >= 0.6 is 0 Å². The number of ether oxygens (including phenoxy) is 2. The molecule has 0 spiro atoms. The first-order valence-electron chi connectivity index (χ1n) is 5.57. The fourth-order valence-corrected chi connectivity index (χ4v) is 1.04. The Labute approximate surface area is 96.6 Å². The Morgan fingerprint density at radius 1 is 1.12 bits per heavy atom. The van der Waals surface area contributed by atoms with Gasteiger partial charge in [0.05, 0.1) is 13.2 Å². The summed E-state index contributed by atoms with van der Waals surface area (Å²) in [7, 11) is 0. The molecule has 0 saturated heterocycles. The summed E-state index contributed by atoms with van der Waals surface area (Å²) in [5.74, 6) is -0.424. The molecule has 0 heterocycles. The Balaban J connectivity index is 3.62. The maximum Gasteiger partial charge on any atom is 0.331 e. The van der Waals surface area contributed by atoms with E-state index in [4.69, 9.17) is 4.74 Å². The van der Waals surface area contributed by atoms with Crippen LogP contribution in [0.3, 0.4) is 0 Å². The molecule has 92 valence electrons. The molecule has 0 aromatic rings. The van der Waals surface area contributed by atoms with Gasteiger partial charge in [0, 0.05) is 12.2 Å². The molecule has 16 heavy (non-hydrogen) atoms. The summed E-state index contributed by atoms with van der Waals surface area (Å²) in [5, 5.41) is 0. The summed E-state index contributed by atoms with van der Waals surface area (Å²) in [4.78, 5) is 21.9. The second-order valence-electron chi connectivity index (χ2n) is 3.79. The molecule has 0 unspecified atom stereocenters. The van der Waals surface area contributed by atoms with E-state index in [1.54, 1.807) is 6.92 Å². The standard InChI is InChI=1S/C12H20O4/c1-4-15-11(13)7-8-12(14)16-9-5-6-10(2)3/h7-8,10H,4-6,9H2,1-3H3/b8-7-. The normalized spacial score (nSPS) is 10.8. The molecule has 0 bridgehead atoms. The van der Waals surface area contributed by atoms with Gasteiger partial charge in [-0.2, -0.15) is 0 Å². The minimum absolute atomic E-state index is 0.298. The van der Waals surface area contributed by atoms with Crippen molar-refractivity contribution in [3.8, 4) is 0 Å². The van der Waals surface area contributed by atoms with E-state index in [1.165, 1.54) is 0 Å². The van der Waals surface area contributed by atoms with Crippen LogP contribution in [0.15, 0.2) is 12.2 Å². The average Bonchev–Trinajstić information content (AvgIpc) is 2.22. The van der Waals surface area contributed by atoms with Gasteiger partial charge in [0.15, 0.2) is 0 Å². The molecule has 0 aliphatic carbocycles. The highest BCUT2D eigenvalue weighted by Crippen LogP contribution is 2.03. The third-order valence-electron chi connectivity index (χ3n) is 1.81. The summed E-state index contributed by atoms with van der Waals surface area (Å²) < 4.78 is 9.50. The molecular formula is C12H20O4. The first-order valence-corrected chi connectivity index (χ1v) is 5.57. The molecule has 0 radical (unpaired) electrons. The zero-order valence-electron chi connectivity index (χ0n) is 10.2. The van der Waals surface area contributed by atoms with Gasteiger partial charge in [-0.05, 0) is 25.7 Å². The topological polar surface area (TPSA) is 52.6 Å². The molecule has 0 saturated carbocycles. The number of hydrogen-bond acceptors (Lipinski definition) is 4. The molecule has 0 rings (SSSR count). The van der Waals surface area contributed by atoms with Gasteiger partial charge in [0.2, 0.25) is 0 Å². The molecule has 0 amide bonds. The van der Waals surface area contributed by atoms with Gasteiger partial charge in [-0.25, -0.2) is 9.59 Å². The van der Waals surface area contributed by atoms with E-state index in [1.807, 2.05) is 0 Å². The van der Waals surface area contributed by atoms with Crippen molar-refractivity contribution in [3.63, 3.8) is 0 Å². The third kappa shape index (κ3) is 9.24. The van der Waals surface area contributed by atoms with Gasteiger partial charge >= 0.3 is 11.9 Å². The maximum atomic E-state index is 11.1. The predicted molar refractivity (Wildman–Crippen MR) is 60.8 cm³/mol. The summed E-state index contributed by atoms with van der Waals surface area (Å²) in [6.45, 7) is 6.62. The minimum Gasteiger partial charge on any atom is -0.463 e. The molecule has 0 N–H and O–H groups in total. The van der Waals surface area contributed by atoms with Crippen molar-refractivity contribution in [2.45, 2.75) is 33.6 Å². The van der Waals surface area contributed by atoms with Gasteiger partial charge < -0.3 is 9.47 Å². The van der Waals surface area contributed by atoms with E-state index >= 15 is 0 Å². The van der Waals surface area contributed by atoms with Crippen LogP contribution in [-0.2, 0) is 19.1 Å². The SMILES string of the molecule is CCOC(=O)/C=C\C(=O)OCCCC(C)C. The van der Waals surface area contributed by atoms with E-state index in [-0.39, 0.29) is 0 Å². The Hall–Kier alpha value is -1.32. The van der Waals surface area contributed by atoms with Crippen LogP contribution in [-0.4, -0.2) is 25.2 Å². The lowest BCUT2D eigenvalue weighted by Crippen LogP contribution is -2.05. The highest BCUT2D eigenvalue weighted by Gasteiger charge is 2.00. The average molecular weight is 228 g/mol. The van der Waals surface area contributed by atoms with Crippen LogP contribution in [0.2, 0.25) is 0 Å². The van der Waals surface area contributed by atoms with Crippen LogP contribution in [0.5, 0.6) is 0 Å². The quantitative estimate of drug-likeness (QED) is 0.380. The monoisotopic (exact) mass is 228 g/mol. The zero-order valence-corrected chi connectivity index (χ0v) is 10.2. The summed E-state index contributed by atoms with van der Waals surface area (Å²) in [6.07, 6.45) is 4.03. The van der Waals surface area contributed by atoms with Crippen molar-refractivity contribution in [3.05, 3.63) is 12.2 Å². The molecular weight excluding hydrogens is 208 g/mol. The van der Waals surface area contributed by atoms with Gasteiger partial charge in [-0.1, -0.05) is 13.8 Å². The van der Waals surface area contributed by atoms with Crippen molar-refractivity contribution < 1.29 is 19.1 Å². The smallest absolute Gasteiger partial charge is 0.331 e. The van der Waals surface area contributed by atoms with Gasteiger partial charge in [0.25, 0.3) is 0 Å². The Bertz CT molecular complexity index is 243. The van der Waals surface area contributed by atoms with E-state index in [0.29, 0.717) is 19.1 Å². The van der Waals surface area contributed by atoms with E-state index < -0.39 is 11.9 Å². The molecule has 0 aliphatic heterocycles. The van der Waals surface area contributed by atoms with Crippen LogP contribution in [0.1, 0.15) is 33.6 Å². The van der Waals surface area contributed by atoms with Crippen molar-refractivity contribution in [1.29, 1.82) is 0 Å². The van der Waals surface area contributed by atoms with E-state index in [2.05, 4.69) is 18.6 Å². The Kier molecular flexibility index (Phi) is 8.21. The van der Waals surface area contributed by atoms with Crippen molar-refractivity contribution in [1.82, 2.24) is 0 Å². The highest BCUT2D eigenvalue weighted by molar-refractivity contribution is 5.91. The third-order valence-corrected chi connectivity index (χ3v) is 1.81. The first kappa shape index (κ1) is 14.7. The zero-order chi connectivity index (χ0) is 12.4.